The molecule has 1 aliphatic rings. The van der Waals surface area contributed by atoms with Crippen molar-refractivity contribution in [2.45, 2.75) is 0 Å². The van der Waals surface area contributed by atoms with Crippen LogP contribution in [0.5, 0.6) is 5.75 Å². The first-order valence-corrected chi connectivity index (χ1v) is 8.29. The number of para-hydroxylation sites is 1. The van der Waals surface area contributed by atoms with Crippen LogP contribution < -0.4 is 4.74 Å². The summed E-state index contributed by atoms with van der Waals surface area (Å²) in [5.41, 5.74) is 1.94. The van der Waals surface area contributed by atoms with Crippen molar-refractivity contribution in [1.29, 1.82) is 0 Å². The summed E-state index contributed by atoms with van der Waals surface area (Å²) in [5, 5.41) is 0.391. The first kappa shape index (κ1) is 17.7. The third-order valence-electron chi connectivity index (χ3n) is 3.56. The summed E-state index contributed by atoms with van der Waals surface area (Å²) in [5.74, 6) is 0.388. The Morgan fingerprint density at radius 3 is 2.58 bits per heavy atom. The Hall–Kier alpha value is -3.11. The summed E-state index contributed by atoms with van der Waals surface area (Å²) in [6.45, 7) is 0. The van der Waals surface area contributed by atoms with Crippen molar-refractivity contribution < 1.29 is 14.3 Å². The lowest BCUT2D eigenvalue weighted by atomic mass is 10.2. The smallest absolute Gasteiger partial charge is 0.363 e. The van der Waals surface area contributed by atoms with Crippen LogP contribution in [-0.2, 0) is 9.53 Å². The molecule has 1 heterocycles. The molecule has 0 N–H and O–H groups in total. The van der Waals surface area contributed by atoms with Crippen molar-refractivity contribution in [1.82, 2.24) is 0 Å². The molecule has 0 atom stereocenters. The highest BCUT2D eigenvalue weighted by molar-refractivity contribution is 6.33. The second-order valence-electron chi connectivity index (χ2n) is 5.38. The summed E-state index contributed by atoms with van der Waals surface area (Å²) >= 11 is 6.19. The van der Waals surface area contributed by atoms with E-state index in [-0.39, 0.29) is 11.6 Å². The van der Waals surface area contributed by atoms with Crippen LogP contribution in [0.2, 0.25) is 0 Å². The largest absolute Gasteiger partial charge is 0.496 e. The number of carbonyl (C=O) groups is 1. The van der Waals surface area contributed by atoms with E-state index in [1.807, 2.05) is 54.6 Å². The molecule has 130 valence electrons. The molecule has 0 saturated carbocycles. The van der Waals surface area contributed by atoms with Crippen LogP contribution in [-0.4, -0.2) is 19.0 Å². The second-order valence-corrected chi connectivity index (χ2v) is 5.82. The van der Waals surface area contributed by atoms with Gasteiger partial charge in [0.15, 0.2) is 5.70 Å². The molecule has 1 aliphatic heterocycles. The van der Waals surface area contributed by atoms with Gasteiger partial charge in [0, 0.05) is 16.7 Å². The molecule has 5 heteroatoms. The Morgan fingerprint density at radius 1 is 1.08 bits per heavy atom. The van der Waals surface area contributed by atoms with Crippen LogP contribution in [0.15, 0.2) is 82.5 Å². The van der Waals surface area contributed by atoms with Gasteiger partial charge < -0.3 is 9.47 Å². The highest BCUT2D eigenvalue weighted by atomic mass is 35.5. The predicted octanol–water partition coefficient (Wildman–Crippen LogP) is 4.83. The highest BCUT2D eigenvalue weighted by Crippen LogP contribution is 2.21. The zero-order chi connectivity index (χ0) is 18.4. The molecular formula is C21H16ClNO3. The number of halogens is 1. The number of hydrogen-bond acceptors (Lipinski definition) is 4. The molecule has 0 spiro atoms. The monoisotopic (exact) mass is 365 g/mol. The first-order valence-electron chi connectivity index (χ1n) is 7.91. The quantitative estimate of drug-likeness (QED) is 0.563. The summed E-state index contributed by atoms with van der Waals surface area (Å²) in [6, 6.07) is 17.1. The normalized spacial score (nSPS) is 16.1. The van der Waals surface area contributed by atoms with E-state index in [2.05, 4.69) is 4.99 Å². The van der Waals surface area contributed by atoms with Crippen molar-refractivity contribution >= 4 is 35.6 Å². The minimum absolute atomic E-state index is 0.154. The average molecular weight is 366 g/mol. The highest BCUT2D eigenvalue weighted by Gasteiger charge is 2.21. The van der Waals surface area contributed by atoms with E-state index in [4.69, 9.17) is 21.1 Å². The van der Waals surface area contributed by atoms with E-state index in [1.165, 1.54) is 6.08 Å². The van der Waals surface area contributed by atoms with E-state index < -0.39 is 5.97 Å². The van der Waals surface area contributed by atoms with Crippen molar-refractivity contribution in [2.75, 3.05) is 7.11 Å². The molecule has 4 nitrogen and oxygen atoms in total. The number of carbonyl (C=O) groups excluding carboxylic acids is 1. The minimum Gasteiger partial charge on any atom is -0.496 e. The molecule has 0 unspecified atom stereocenters. The third-order valence-corrected chi connectivity index (χ3v) is 3.78. The standard InChI is InChI=1S/C21H16ClNO3/c1-25-19-10-6-5-9-16(19)11-12-20-23-18(21(24)26-20)14-17(22)13-15-7-3-2-4-8-15/h2-14H,1H3. The van der Waals surface area contributed by atoms with E-state index in [1.54, 1.807) is 25.3 Å². The van der Waals surface area contributed by atoms with E-state index >= 15 is 0 Å². The van der Waals surface area contributed by atoms with Gasteiger partial charge in [-0.3, -0.25) is 0 Å². The number of benzene rings is 2. The van der Waals surface area contributed by atoms with Gasteiger partial charge in [0.25, 0.3) is 0 Å². The Kier molecular flexibility index (Phi) is 5.66. The number of esters is 1. The molecule has 0 aliphatic carbocycles. The van der Waals surface area contributed by atoms with Crippen LogP contribution >= 0.6 is 11.6 Å². The molecular weight excluding hydrogens is 350 g/mol. The molecule has 26 heavy (non-hydrogen) atoms. The van der Waals surface area contributed by atoms with Gasteiger partial charge >= 0.3 is 5.97 Å². The maximum atomic E-state index is 12.0. The average Bonchev–Trinajstić information content (AvgIpc) is 3.00. The van der Waals surface area contributed by atoms with E-state index in [0.29, 0.717) is 5.03 Å². The third kappa shape index (κ3) is 4.49. The zero-order valence-electron chi connectivity index (χ0n) is 14.1. The zero-order valence-corrected chi connectivity index (χ0v) is 14.8. The number of nitrogens with zero attached hydrogens (tertiary/aromatic N) is 1. The topological polar surface area (TPSA) is 47.9 Å². The van der Waals surface area contributed by atoms with Crippen molar-refractivity contribution in [3.63, 3.8) is 0 Å². The van der Waals surface area contributed by atoms with Gasteiger partial charge in [-0.25, -0.2) is 9.79 Å². The van der Waals surface area contributed by atoms with Gasteiger partial charge in [-0.1, -0.05) is 60.1 Å². The summed E-state index contributed by atoms with van der Waals surface area (Å²) in [7, 11) is 1.60. The van der Waals surface area contributed by atoms with Crippen molar-refractivity contribution in [3.05, 3.63) is 88.6 Å². The lowest BCUT2D eigenvalue weighted by Gasteiger charge is -2.02. The van der Waals surface area contributed by atoms with Gasteiger partial charge in [-0.05, 0) is 29.9 Å². The molecule has 0 saturated heterocycles. The molecule has 0 bridgehead atoms. The number of allylic oxidation sites excluding steroid dienone is 2. The first-order chi connectivity index (χ1) is 12.7. The Morgan fingerprint density at radius 2 is 1.81 bits per heavy atom. The molecule has 3 rings (SSSR count). The Balaban J connectivity index is 1.78. The fraction of sp³-hybridized carbons (Fsp3) is 0.0476. The van der Waals surface area contributed by atoms with E-state index in [9.17, 15) is 4.79 Å². The Bertz CT molecular complexity index is 927. The lowest BCUT2D eigenvalue weighted by Crippen LogP contribution is -2.01. The molecule has 0 radical (unpaired) electrons. The maximum Gasteiger partial charge on any atom is 0.363 e. The molecule has 0 aromatic heterocycles. The number of rotatable bonds is 5. The summed E-state index contributed by atoms with van der Waals surface area (Å²) < 4.78 is 10.4. The predicted molar refractivity (Wildman–Crippen MR) is 104 cm³/mol. The number of methoxy groups -OCH3 is 1. The van der Waals surface area contributed by atoms with Gasteiger partial charge in [0.05, 0.1) is 7.11 Å². The molecule has 2 aromatic carbocycles. The van der Waals surface area contributed by atoms with Gasteiger partial charge in [0.1, 0.15) is 5.75 Å². The van der Waals surface area contributed by atoms with Crippen LogP contribution in [0.4, 0.5) is 0 Å². The number of ether oxygens (including phenoxy) is 2. The molecule has 0 amide bonds. The van der Waals surface area contributed by atoms with Gasteiger partial charge in [0.2, 0.25) is 5.90 Å². The number of aliphatic imine (C=N–C) groups is 1. The lowest BCUT2D eigenvalue weighted by molar-refractivity contribution is -0.129. The number of cyclic esters (lactones) is 1. The summed E-state index contributed by atoms with van der Waals surface area (Å²) in [6.07, 6.45) is 6.63. The van der Waals surface area contributed by atoms with Crippen molar-refractivity contribution in [2.24, 2.45) is 4.99 Å². The fourth-order valence-corrected chi connectivity index (χ4v) is 2.57. The van der Waals surface area contributed by atoms with Gasteiger partial charge in [-0.15, -0.1) is 0 Å². The Labute approximate surface area is 156 Å². The minimum atomic E-state index is -0.538. The van der Waals surface area contributed by atoms with Gasteiger partial charge in [-0.2, -0.15) is 0 Å². The second kappa shape index (κ2) is 8.32. The SMILES string of the molecule is COc1ccccc1C=CC1=NC(=CC(Cl)=Cc2ccccc2)C(=O)O1. The van der Waals surface area contributed by atoms with E-state index in [0.717, 1.165) is 16.9 Å². The fourth-order valence-electron chi connectivity index (χ4n) is 2.34. The van der Waals surface area contributed by atoms with Crippen LogP contribution in [0.25, 0.3) is 12.2 Å². The number of hydrogen-bond donors (Lipinski definition) is 0. The molecule has 0 fully saturated rings. The van der Waals surface area contributed by atoms with Crippen molar-refractivity contribution in [3.8, 4) is 5.75 Å². The summed E-state index contributed by atoms with van der Waals surface area (Å²) in [4.78, 5) is 16.1. The maximum absolute atomic E-state index is 12.0. The molecule has 2 aromatic rings. The van der Waals surface area contributed by atoms with Crippen LogP contribution in [0.3, 0.4) is 0 Å². The van der Waals surface area contributed by atoms with Crippen LogP contribution in [0, 0.1) is 0 Å². The van der Waals surface area contributed by atoms with Crippen LogP contribution in [0.1, 0.15) is 11.1 Å².